The lowest BCUT2D eigenvalue weighted by molar-refractivity contribution is 0.200. The number of nitrogens with zero attached hydrogens (tertiary/aromatic N) is 3. The Bertz CT molecular complexity index is 1010. The van der Waals surface area contributed by atoms with Crippen molar-refractivity contribution in [2.75, 3.05) is 11.5 Å². The number of nitrogens with two attached hydrogens (primary N) is 1. The van der Waals surface area contributed by atoms with Crippen LogP contribution in [-0.2, 0) is 0 Å². The summed E-state index contributed by atoms with van der Waals surface area (Å²) in [6, 6.07) is 15.0. The van der Waals surface area contributed by atoms with Gasteiger partial charge in [0.25, 0.3) is 0 Å². The van der Waals surface area contributed by atoms with Crippen LogP contribution >= 0.6 is 23.5 Å². The van der Waals surface area contributed by atoms with Gasteiger partial charge in [-0.05, 0) is 54.7 Å². The molecule has 1 aromatic carbocycles. The number of unbranched alkanes of at least 4 members (excludes halogenated alkanes) is 2. The Morgan fingerprint density at radius 3 is 2.30 bits per heavy atom. The van der Waals surface area contributed by atoms with Crippen LogP contribution in [0, 0.1) is 33.5 Å². The lowest BCUT2D eigenvalue weighted by Gasteiger charge is -2.52. The summed E-state index contributed by atoms with van der Waals surface area (Å²) in [5.74, 6) is 2.09. The van der Waals surface area contributed by atoms with E-state index < -0.39 is 21.1 Å². The fraction of sp³-hybridized carbons (Fsp3) is 0.577. The van der Waals surface area contributed by atoms with Crippen LogP contribution in [0.2, 0.25) is 0 Å². The second-order valence-corrected chi connectivity index (χ2v) is 11.9. The van der Waals surface area contributed by atoms with Gasteiger partial charge < -0.3 is 11.1 Å². The standard InChI is InChI=1S/C26H33N5S2/c1-3-5-15-32-26(33-16-6-4-2)25(18-28)20-13-10-14-21(20)30-22(19-11-8-7-9-12-19)24(25,17-27)23(29)31-26/h7-9,11-12,22,30H,3-6,10,13-16H2,1-2H3,(H2,29,31)/t22-,24-,25-/m1/s1. The van der Waals surface area contributed by atoms with Crippen LogP contribution in [0.4, 0.5) is 0 Å². The first-order valence-electron chi connectivity index (χ1n) is 12.1. The highest BCUT2D eigenvalue weighted by Gasteiger charge is 2.77. The molecule has 2 aliphatic heterocycles. The topological polar surface area (TPSA) is 98.0 Å². The molecule has 0 aromatic heterocycles. The van der Waals surface area contributed by atoms with Crippen molar-refractivity contribution in [1.29, 1.82) is 10.5 Å². The van der Waals surface area contributed by atoms with E-state index in [4.69, 9.17) is 10.7 Å². The fourth-order valence-electron chi connectivity index (χ4n) is 5.61. The maximum absolute atomic E-state index is 11.1. The van der Waals surface area contributed by atoms with E-state index in [1.807, 2.05) is 30.3 Å². The van der Waals surface area contributed by atoms with Gasteiger partial charge in [-0.2, -0.15) is 10.5 Å². The lowest BCUT2D eigenvalue weighted by Crippen LogP contribution is -2.61. The van der Waals surface area contributed by atoms with Crippen LogP contribution < -0.4 is 11.1 Å². The third-order valence-electron chi connectivity index (χ3n) is 7.23. The maximum Gasteiger partial charge on any atom is 0.178 e. The van der Waals surface area contributed by atoms with Crippen molar-refractivity contribution in [1.82, 2.24) is 5.32 Å². The number of benzene rings is 1. The minimum absolute atomic E-state index is 0.305. The Morgan fingerprint density at radius 2 is 1.73 bits per heavy atom. The molecule has 0 fully saturated rings. The van der Waals surface area contributed by atoms with Gasteiger partial charge in [0.05, 0.1) is 18.2 Å². The molecular formula is C26H33N5S2. The zero-order valence-electron chi connectivity index (χ0n) is 19.6. The van der Waals surface area contributed by atoms with Crippen molar-refractivity contribution < 1.29 is 0 Å². The number of nitriles is 2. The van der Waals surface area contributed by atoms with Crippen LogP contribution in [0.15, 0.2) is 46.6 Å². The second kappa shape index (κ2) is 9.65. The molecule has 1 aliphatic carbocycles. The molecule has 174 valence electrons. The summed E-state index contributed by atoms with van der Waals surface area (Å²) in [5, 5.41) is 25.7. The zero-order chi connectivity index (χ0) is 23.5. The Kier molecular flexibility index (Phi) is 7.03. The van der Waals surface area contributed by atoms with Gasteiger partial charge in [0.15, 0.2) is 15.0 Å². The summed E-state index contributed by atoms with van der Waals surface area (Å²) in [4.78, 5) is 5.13. The van der Waals surface area contributed by atoms with Crippen molar-refractivity contribution in [3.63, 3.8) is 0 Å². The average molecular weight is 480 g/mol. The number of thioether (sulfide) groups is 2. The van der Waals surface area contributed by atoms with E-state index in [2.05, 4.69) is 31.3 Å². The molecule has 0 bridgehead atoms. The molecule has 2 heterocycles. The Balaban J connectivity index is 1.97. The third kappa shape index (κ3) is 3.39. The molecule has 3 atom stereocenters. The minimum Gasteiger partial charge on any atom is -0.386 e. The molecule has 3 aliphatic rings. The molecular weight excluding hydrogens is 446 g/mol. The number of hydrogen-bond donors (Lipinski definition) is 2. The van der Waals surface area contributed by atoms with Gasteiger partial charge in [-0.1, -0.05) is 57.0 Å². The number of hydrogen-bond acceptors (Lipinski definition) is 7. The second-order valence-electron chi connectivity index (χ2n) is 9.06. The summed E-state index contributed by atoms with van der Waals surface area (Å²) in [7, 11) is 0. The molecule has 0 saturated heterocycles. The van der Waals surface area contributed by atoms with E-state index in [-0.39, 0.29) is 0 Å². The molecule has 33 heavy (non-hydrogen) atoms. The maximum atomic E-state index is 11.1. The molecule has 1 aromatic rings. The van der Waals surface area contributed by atoms with Crippen molar-refractivity contribution in [2.45, 2.75) is 69.0 Å². The highest BCUT2D eigenvalue weighted by atomic mass is 32.2. The summed E-state index contributed by atoms with van der Waals surface area (Å²) in [6.07, 6.45) is 6.94. The van der Waals surface area contributed by atoms with Gasteiger partial charge >= 0.3 is 0 Å². The number of amidine groups is 1. The Morgan fingerprint density at radius 1 is 1.06 bits per heavy atom. The highest BCUT2D eigenvalue weighted by molar-refractivity contribution is 8.18. The van der Waals surface area contributed by atoms with Crippen LogP contribution in [0.3, 0.4) is 0 Å². The first-order chi connectivity index (χ1) is 16.1. The zero-order valence-corrected chi connectivity index (χ0v) is 21.2. The van der Waals surface area contributed by atoms with Crippen molar-refractivity contribution >= 4 is 29.4 Å². The van der Waals surface area contributed by atoms with E-state index in [1.54, 1.807) is 23.5 Å². The quantitative estimate of drug-likeness (QED) is 0.339. The van der Waals surface area contributed by atoms with E-state index in [1.165, 1.54) is 0 Å². The predicted molar refractivity (Wildman–Crippen MR) is 138 cm³/mol. The monoisotopic (exact) mass is 479 g/mol. The molecule has 7 heteroatoms. The van der Waals surface area contributed by atoms with E-state index in [0.29, 0.717) is 5.84 Å². The molecule has 4 rings (SSSR count). The van der Waals surface area contributed by atoms with E-state index in [0.717, 1.165) is 73.3 Å². The van der Waals surface area contributed by atoms with Gasteiger partial charge in [0, 0.05) is 5.70 Å². The smallest absolute Gasteiger partial charge is 0.178 e. The molecule has 0 saturated carbocycles. The summed E-state index contributed by atoms with van der Waals surface area (Å²) in [6.45, 7) is 4.36. The number of nitrogens with one attached hydrogen (secondary N) is 1. The number of allylic oxidation sites excluding steroid dienone is 1. The molecule has 5 nitrogen and oxygen atoms in total. The number of aliphatic imine (C=N–C) groups is 1. The predicted octanol–water partition coefficient (Wildman–Crippen LogP) is 5.88. The largest absolute Gasteiger partial charge is 0.386 e. The summed E-state index contributed by atoms with van der Waals surface area (Å²) < 4.78 is -0.814. The molecule has 3 N–H and O–H groups in total. The molecule has 0 amide bonds. The first kappa shape index (κ1) is 24.0. The van der Waals surface area contributed by atoms with Gasteiger partial charge in [-0.25, -0.2) is 4.99 Å². The van der Waals surface area contributed by atoms with Crippen LogP contribution in [-0.4, -0.2) is 21.5 Å². The normalized spacial score (nSPS) is 29.5. The van der Waals surface area contributed by atoms with E-state index >= 15 is 0 Å². The highest BCUT2D eigenvalue weighted by Crippen LogP contribution is 2.72. The molecule has 0 unspecified atom stereocenters. The van der Waals surface area contributed by atoms with Gasteiger partial charge in [-0.3, -0.25) is 0 Å². The Labute approximate surface area is 206 Å². The van der Waals surface area contributed by atoms with Crippen LogP contribution in [0.1, 0.15) is 70.4 Å². The number of rotatable bonds is 9. The van der Waals surface area contributed by atoms with Crippen LogP contribution in [0.5, 0.6) is 0 Å². The van der Waals surface area contributed by atoms with Gasteiger partial charge in [-0.15, -0.1) is 23.5 Å². The van der Waals surface area contributed by atoms with Gasteiger partial charge in [0.2, 0.25) is 0 Å². The van der Waals surface area contributed by atoms with E-state index in [9.17, 15) is 10.5 Å². The SMILES string of the molecule is CCCCSC1(SCCCC)N=C(N)[C@@]2(C#N)[C@@H](c3ccccc3)NC3=C(CCC3)[C@@]12C#N. The molecule has 0 spiro atoms. The third-order valence-corrected chi connectivity index (χ3v) is 10.5. The summed E-state index contributed by atoms with van der Waals surface area (Å²) in [5.41, 5.74) is 7.58. The van der Waals surface area contributed by atoms with Crippen molar-refractivity contribution in [3.05, 3.63) is 47.2 Å². The summed E-state index contributed by atoms with van der Waals surface area (Å²) >= 11 is 3.48. The number of fused-ring (bicyclic) bond motifs is 2. The Hall–Kier alpha value is -2.09. The minimum atomic E-state index is -1.26. The van der Waals surface area contributed by atoms with Gasteiger partial charge in [0.1, 0.15) is 5.84 Å². The average Bonchev–Trinajstić information content (AvgIpc) is 3.39. The lowest BCUT2D eigenvalue weighted by atomic mass is 9.55. The van der Waals surface area contributed by atoms with Crippen molar-refractivity contribution in [3.8, 4) is 12.1 Å². The molecule has 0 radical (unpaired) electrons. The van der Waals surface area contributed by atoms with Crippen molar-refractivity contribution in [2.24, 2.45) is 21.6 Å². The van der Waals surface area contributed by atoms with Crippen LogP contribution in [0.25, 0.3) is 0 Å². The first-order valence-corrected chi connectivity index (χ1v) is 14.0. The fourth-order valence-corrected chi connectivity index (χ4v) is 9.28.